The second-order valence-electron chi connectivity index (χ2n) is 5.18. The lowest BCUT2D eigenvalue weighted by Gasteiger charge is -2.21. The largest absolute Gasteiger partial charge is 0.465 e. The third kappa shape index (κ3) is 2.47. The molecular weight excluding hydrogens is 320 g/mol. The Morgan fingerprint density at radius 1 is 1.40 bits per heavy atom. The Balaban J connectivity index is 2.01. The first-order valence-electron chi connectivity index (χ1n) is 6.80. The van der Waals surface area contributed by atoms with E-state index in [1.165, 1.54) is 25.6 Å². The number of carbonyl (C=O) groups excluding carboxylic acids is 1. The molecule has 106 valence electrons. The highest BCUT2D eigenvalue weighted by molar-refractivity contribution is 9.10. The molecule has 1 aromatic heterocycles. The van der Waals surface area contributed by atoms with Crippen molar-refractivity contribution in [3.63, 3.8) is 0 Å². The van der Waals surface area contributed by atoms with Crippen molar-refractivity contribution >= 4 is 32.8 Å². The van der Waals surface area contributed by atoms with Gasteiger partial charge in [0.2, 0.25) is 0 Å². The number of hydrogen-bond acceptors (Lipinski definition) is 3. The van der Waals surface area contributed by atoms with Crippen molar-refractivity contribution in [1.82, 2.24) is 10.3 Å². The number of halogens is 1. The van der Waals surface area contributed by atoms with Crippen LogP contribution >= 0.6 is 15.9 Å². The number of piperidine rings is 1. The molecule has 1 aliphatic rings. The summed E-state index contributed by atoms with van der Waals surface area (Å²) in [5.74, 6) is 0.208. The Morgan fingerprint density at radius 2 is 2.25 bits per heavy atom. The van der Waals surface area contributed by atoms with E-state index < -0.39 is 0 Å². The van der Waals surface area contributed by atoms with E-state index in [-0.39, 0.29) is 5.97 Å². The summed E-state index contributed by atoms with van der Waals surface area (Å²) in [4.78, 5) is 15.1. The van der Waals surface area contributed by atoms with Crippen LogP contribution in [-0.4, -0.2) is 31.2 Å². The van der Waals surface area contributed by atoms with Gasteiger partial charge in [0.15, 0.2) is 0 Å². The van der Waals surface area contributed by atoms with E-state index >= 15 is 0 Å². The first-order chi connectivity index (χ1) is 9.69. The van der Waals surface area contributed by atoms with Gasteiger partial charge in [0.1, 0.15) is 0 Å². The highest BCUT2D eigenvalue weighted by Crippen LogP contribution is 2.31. The third-order valence-electron chi connectivity index (χ3n) is 3.86. The molecule has 2 aromatic rings. The van der Waals surface area contributed by atoms with E-state index in [4.69, 9.17) is 4.74 Å². The highest BCUT2D eigenvalue weighted by atomic mass is 79.9. The van der Waals surface area contributed by atoms with Crippen molar-refractivity contribution in [2.24, 2.45) is 0 Å². The van der Waals surface area contributed by atoms with Crippen LogP contribution in [0.25, 0.3) is 10.9 Å². The Labute approximate surface area is 126 Å². The summed E-state index contributed by atoms with van der Waals surface area (Å²) >= 11 is 3.53. The average Bonchev–Trinajstić information content (AvgIpc) is 2.92. The summed E-state index contributed by atoms with van der Waals surface area (Å²) in [6.07, 6.45) is 2.40. The van der Waals surface area contributed by atoms with Gasteiger partial charge in [-0.3, -0.25) is 0 Å². The molecular formula is C15H17BrN2O2. The van der Waals surface area contributed by atoms with E-state index in [0.29, 0.717) is 11.5 Å². The SMILES string of the molecule is COC(=O)c1cc(Br)c2[nH]c(C3CCCNC3)cc2c1. The Morgan fingerprint density at radius 3 is 2.95 bits per heavy atom. The zero-order valence-electron chi connectivity index (χ0n) is 11.3. The van der Waals surface area contributed by atoms with Crippen molar-refractivity contribution in [2.45, 2.75) is 18.8 Å². The average molecular weight is 337 g/mol. The quantitative estimate of drug-likeness (QED) is 0.828. The van der Waals surface area contributed by atoms with Gasteiger partial charge in [-0.15, -0.1) is 0 Å². The van der Waals surface area contributed by atoms with Gasteiger partial charge in [-0.05, 0) is 53.5 Å². The van der Waals surface area contributed by atoms with Crippen LogP contribution < -0.4 is 5.32 Å². The molecule has 1 unspecified atom stereocenters. The number of esters is 1. The molecule has 2 N–H and O–H groups in total. The molecule has 20 heavy (non-hydrogen) atoms. The fourth-order valence-electron chi connectivity index (χ4n) is 2.79. The minimum absolute atomic E-state index is 0.310. The number of carbonyl (C=O) groups is 1. The molecule has 1 fully saturated rings. The number of rotatable bonds is 2. The maximum Gasteiger partial charge on any atom is 0.337 e. The fourth-order valence-corrected chi connectivity index (χ4v) is 3.37. The van der Waals surface area contributed by atoms with Gasteiger partial charge in [-0.2, -0.15) is 0 Å². The smallest absolute Gasteiger partial charge is 0.337 e. The number of aromatic amines is 1. The molecule has 0 saturated carbocycles. The number of methoxy groups -OCH3 is 1. The van der Waals surface area contributed by atoms with Crippen LogP contribution in [0, 0.1) is 0 Å². The first-order valence-corrected chi connectivity index (χ1v) is 7.59. The lowest BCUT2D eigenvalue weighted by molar-refractivity contribution is 0.0601. The van der Waals surface area contributed by atoms with Crippen LogP contribution in [0.3, 0.4) is 0 Å². The van der Waals surface area contributed by atoms with Crippen molar-refractivity contribution in [2.75, 3.05) is 20.2 Å². The molecule has 5 heteroatoms. The van der Waals surface area contributed by atoms with Crippen molar-refractivity contribution in [3.8, 4) is 0 Å². The fraction of sp³-hybridized carbons (Fsp3) is 0.400. The van der Waals surface area contributed by atoms with Gasteiger partial charge < -0.3 is 15.0 Å². The molecule has 1 saturated heterocycles. The maximum atomic E-state index is 11.7. The van der Waals surface area contributed by atoms with Crippen LogP contribution in [0.5, 0.6) is 0 Å². The van der Waals surface area contributed by atoms with Crippen LogP contribution in [0.2, 0.25) is 0 Å². The summed E-state index contributed by atoms with van der Waals surface area (Å²) in [5, 5.41) is 4.47. The number of aromatic nitrogens is 1. The molecule has 2 heterocycles. The molecule has 0 radical (unpaired) electrons. The van der Waals surface area contributed by atoms with Crippen molar-refractivity contribution in [1.29, 1.82) is 0 Å². The summed E-state index contributed by atoms with van der Waals surface area (Å²) in [6, 6.07) is 5.82. The molecule has 4 nitrogen and oxygen atoms in total. The van der Waals surface area contributed by atoms with Crippen molar-refractivity contribution in [3.05, 3.63) is 33.9 Å². The number of benzene rings is 1. The standard InChI is InChI=1S/C15H17BrN2O2/c1-20-15(19)11-5-10-7-13(9-3-2-4-17-8-9)18-14(10)12(16)6-11/h5-7,9,17-18H,2-4,8H2,1H3. The summed E-state index contributed by atoms with van der Waals surface area (Å²) in [6.45, 7) is 2.11. The molecule has 0 spiro atoms. The van der Waals surface area contributed by atoms with Gasteiger partial charge in [-0.25, -0.2) is 4.79 Å². The van der Waals surface area contributed by atoms with Crippen LogP contribution in [-0.2, 0) is 4.74 Å². The minimum Gasteiger partial charge on any atom is -0.465 e. The Kier molecular flexibility index (Phi) is 3.81. The predicted octanol–water partition coefficient (Wildman–Crippen LogP) is 3.18. The Bertz CT molecular complexity index is 645. The highest BCUT2D eigenvalue weighted by Gasteiger charge is 2.18. The number of H-pyrrole nitrogens is 1. The van der Waals surface area contributed by atoms with E-state index in [1.807, 2.05) is 6.07 Å². The molecule has 0 aliphatic carbocycles. The zero-order valence-corrected chi connectivity index (χ0v) is 12.9. The predicted molar refractivity (Wildman–Crippen MR) is 82.2 cm³/mol. The van der Waals surface area contributed by atoms with Crippen LogP contribution in [0.4, 0.5) is 0 Å². The second kappa shape index (κ2) is 5.58. The van der Waals surface area contributed by atoms with Gasteiger partial charge in [0.05, 0.1) is 18.2 Å². The number of ether oxygens (including phenoxy) is 1. The summed E-state index contributed by atoms with van der Waals surface area (Å²) < 4.78 is 5.68. The van der Waals surface area contributed by atoms with Crippen LogP contribution in [0.1, 0.15) is 34.8 Å². The molecule has 1 atom stereocenters. The van der Waals surface area contributed by atoms with Gasteiger partial charge >= 0.3 is 5.97 Å². The third-order valence-corrected chi connectivity index (χ3v) is 4.48. The molecule has 0 amide bonds. The monoisotopic (exact) mass is 336 g/mol. The second-order valence-corrected chi connectivity index (χ2v) is 6.04. The molecule has 1 aromatic carbocycles. The first kappa shape index (κ1) is 13.6. The number of nitrogens with one attached hydrogen (secondary N) is 2. The molecule has 1 aliphatic heterocycles. The maximum absolute atomic E-state index is 11.7. The summed E-state index contributed by atoms with van der Waals surface area (Å²) in [7, 11) is 1.40. The molecule has 3 rings (SSSR count). The van der Waals surface area contributed by atoms with Gasteiger partial charge in [-0.1, -0.05) is 0 Å². The molecule has 0 bridgehead atoms. The van der Waals surface area contributed by atoms with Gasteiger partial charge in [0.25, 0.3) is 0 Å². The zero-order chi connectivity index (χ0) is 14.1. The lowest BCUT2D eigenvalue weighted by Crippen LogP contribution is -2.28. The van der Waals surface area contributed by atoms with E-state index in [9.17, 15) is 4.79 Å². The van der Waals surface area contributed by atoms with E-state index in [0.717, 1.165) is 28.5 Å². The summed E-state index contributed by atoms with van der Waals surface area (Å²) in [5.41, 5.74) is 2.84. The number of hydrogen-bond donors (Lipinski definition) is 2. The number of fused-ring (bicyclic) bond motifs is 1. The van der Waals surface area contributed by atoms with Crippen LogP contribution in [0.15, 0.2) is 22.7 Å². The minimum atomic E-state index is -0.310. The van der Waals surface area contributed by atoms with E-state index in [1.54, 1.807) is 6.07 Å². The normalized spacial score (nSPS) is 19.2. The van der Waals surface area contributed by atoms with Gasteiger partial charge in [0, 0.05) is 28.0 Å². The van der Waals surface area contributed by atoms with Crippen molar-refractivity contribution < 1.29 is 9.53 Å². The lowest BCUT2D eigenvalue weighted by atomic mass is 9.96. The van der Waals surface area contributed by atoms with E-state index in [2.05, 4.69) is 32.3 Å². The Hall–Kier alpha value is -1.33. The topological polar surface area (TPSA) is 54.1 Å².